The third kappa shape index (κ3) is 19.8. The fourth-order valence-electron chi connectivity index (χ4n) is 5.09. The number of rotatable bonds is 28. The number of aliphatic carboxylic acids is 2. The second-order valence-electron chi connectivity index (χ2n) is 11.9. The maximum absolute atomic E-state index is 11.8. The van der Waals surface area contributed by atoms with Crippen LogP contribution in [0.1, 0.15) is 129 Å². The SMILES string of the molecule is CCCCCCCCCCCCCCCCCC[Si](C)(C)CCCOC(CC(=O)O)(CC(=O)CO)C(=O)O. The molecule has 0 bridgehead atoms. The highest BCUT2D eigenvalue weighted by molar-refractivity contribution is 6.77. The lowest BCUT2D eigenvalue weighted by Gasteiger charge is -2.28. The van der Waals surface area contributed by atoms with E-state index in [2.05, 4.69) is 20.0 Å². The van der Waals surface area contributed by atoms with Gasteiger partial charge in [0.05, 0.1) is 6.42 Å². The molecule has 0 saturated heterocycles. The average Bonchev–Trinajstić information content (AvgIpc) is 2.85. The number of carboxylic acid groups (broad SMARTS) is 2. The van der Waals surface area contributed by atoms with E-state index < -0.39 is 50.8 Å². The monoisotopic (exact) mass is 558 g/mol. The van der Waals surface area contributed by atoms with E-state index in [4.69, 9.17) is 14.9 Å². The summed E-state index contributed by atoms with van der Waals surface area (Å²) in [7, 11) is -1.46. The van der Waals surface area contributed by atoms with E-state index in [1.165, 1.54) is 109 Å². The molecule has 0 heterocycles. The molecule has 0 aliphatic rings. The number of aliphatic hydroxyl groups is 1. The predicted octanol–water partition coefficient (Wildman–Crippen LogP) is 7.61. The summed E-state index contributed by atoms with van der Waals surface area (Å²) >= 11 is 0. The van der Waals surface area contributed by atoms with E-state index in [0.29, 0.717) is 6.42 Å². The quantitative estimate of drug-likeness (QED) is 0.0667. The maximum atomic E-state index is 11.8. The van der Waals surface area contributed by atoms with Crippen molar-refractivity contribution in [3.63, 3.8) is 0 Å². The van der Waals surface area contributed by atoms with Crippen LogP contribution in [-0.2, 0) is 19.1 Å². The number of carbonyl (C=O) groups excluding carboxylic acids is 1. The lowest BCUT2D eigenvalue weighted by atomic mass is 9.93. The second kappa shape index (κ2) is 22.6. The molecular formula is C30H58O7Si. The largest absolute Gasteiger partial charge is 0.481 e. The van der Waals surface area contributed by atoms with E-state index in [1.54, 1.807) is 0 Å². The van der Waals surface area contributed by atoms with Gasteiger partial charge < -0.3 is 20.1 Å². The smallest absolute Gasteiger partial charge is 0.337 e. The summed E-state index contributed by atoms with van der Waals surface area (Å²) in [6, 6.07) is 2.18. The maximum Gasteiger partial charge on any atom is 0.337 e. The fraction of sp³-hybridized carbons (Fsp3) is 0.900. The molecule has 0 spiro atoms. The first-order valence-electron chi connectivity index (χ1n) is 15.3. The number of ketones is 1. The second-order valence-corrected chi connectivity index (χ2v) is 17.2. The molecule has 0 saturated carbocycles. The first kappa shape index (κ1) is 36.7. The van der Waals surface area contributed by atoms with Gasteiger partial charge in [-0.2, -0.15) is 0 Å². The molecular weight excluding hydrogens is 500 g/mol. The first-order chi connectivity index (χ1) is 18.1. The van der Waals surface area contributed by atoms with Crippen LogP contribution in [0, 0.1) is 0 Å². The van der Waals surface area contributed by atoms with Gasteiger partial charge in [-0.3, -0.25) is 9.59 Å². The Bertz CT molecular complexity index is 638. The molecule has 0 amide bonds. The highest BCUT2D eigenvalue weighted by Crippen LogP contribution is 2.26. The van der Waals surface area contributed by atoms with Gasteiger partial charge in [0.1, 0.15) is 6.61 Å². The van der Waals surface area contributed by atoms with Gasteiger partial charge in [-0.1, -0.05) is 135 Å². The number of carboxylic acids is 2. The minimum Gasteiger partial charge on any atom is -0.481 e. The number of hydrogen-bond donors (Lipinski definition) is 3. The van der Waals surface area contributed by atoms with Gasteiger partial charge in [-0.15, -0.1) is 0 Å². The molecule has 1 unspecified atom stereocenters. The molecule has 224 valence electrons. The minimum atomic E-state index is -2.12. The summed E-state index contributed by atoms with van der Waals surface area (Å²) < 4.78 is 5.51. The Balaban J connectivity index is 3.93. The molecule has 7 nitrogen and oxygen atoms in total. The normalized spacial score (nSPS) is 13.4. The topological polar surface area (TPSA) is 121 Å². The Labute approximate surface area is 233 Å². The number of Topliss-reactive ketones (excluding diaryl/α,β-unsaturated/α-hetero) is 1. The number of unbranched alkanes of at least 4 members (excludes halogenated alkanes) is 15. The number of aliphatic hydroxyl groups excluding tert-OH is 1. The molecule has 0 radical (unpaired) electrons. The van der Waals surface area contributed by atoms with E-state index >= 15 is 0 Å². The van der Waals surface area contributed by atoms with Gasteiger partial charge in [0.25, 0.3) is 0 Å². The summed E-state index contributed by atoms with van der Waals surface area (Å²) in [5.74, 6) is -3.57. The third-order valence-electron chi connectivity index (χ3n) is 7.57. The van der Waals surface area contributed by atoms with Crippen LogP contribution >= 0.6 is 0 Å². The lowest BCUT2D eigenvalue weighted by Crippen LogP contribution is -2.46. The van der Waals surface area contributed by atoms with Crippen LogP contribution in [0.4, 0.5) is 0 Å². The van der Waals surface area contributed by atoms with Crippen LogP contribution in [0.15, 0.2) is 0 Å². The van der Waals surface area contributed by atoms with Gasteiger partial charge in [-0.25, -0.2) is 4.79 Å². The zero-order chi connectivity index (χ0) is 28.7. The Hall–Kier alpha value is -1.25. The molecule has 0 aromatic rings. The van der Waals surface area contributed by atoms with Crippen molar-refractivity contribution in [1.82, 2.24) is 0 Å². The van der Waals surface area contributed by atoms with Crippen molar-refractivity contribution in [2.75, 3.05) is 13.2 Å². The standard InChI is InChI=1S/C30H58O7Si/c1-4-5-6-7-8-9-10-11-12-13-14-15-16-17-18-19-22-38(2,3)23-20-21-37-30(29(35)36,25-28(33)34)24-27(32)26-31/h31H,4-26H2,1-3H3,(H,33,34)(H,35,36). The van der Waals surface area contributed by atoms with Gasteiger partial charge in [0.15, 0.2) is 11.4 Å². The van der Waals surface area contributed by atoms with E-state index in [-0.39, 0.29) is 6.61 Å². The fourth-order valence-corrected chi connectivity index (χ4v) is 7.65. The molecule has 0 aromatic carbocycles. The summed E-state index contributed by atoms with van der Waals surface area (Å²) in [5, 5.41) is 27.7. The molecule has 0 rings (SSSR count). The van der Waals surface area contributed by atoms with Gasteiger partial charge in [0.2, 0.25) is 0 Å². The Kier molecular flexibility index (Phi) is 21.8. The third-order valence-corrected chi connectivity index (χ3v) is 11.0. The zero-order valence-electron chi connectivity index (χ0n) is 24.7. The Morgan fingerprint density at radius 1 is 0.658 bits per heavy atom. The summed E-state index contributed by atoms with van der Waals surface area (Å²) in [5.41, 5.74) is -2.12. The van der Waals surface area contributed by atoms with Crippen LogP contribution < -0.4 is 0 Å². The van der Waals surface area contributed by atoms with Crippen LogP contribution in [-0.4, -0.2) is 59.9 Å². The van der Waals surface area contributed by atoms with Crippen LogP contribution in [0.5, 0.6) is 0 Å². The highest BCUT2D eigenvalue weighted by atomic mass is 28.3. The lowest BCUT2D eigenvalue weighted by molar-refractivity contribution is -0.175. The first-order valence-corrected chi connectivity index (χ1v) is 18.7. The van der Waals surface area contributed by atoms with Crippen molar-refractivity contribution in [2.24, 2.45) is 0 Å². The van der Waals surface area contributed by atoms with Crippen molar-refractivity contribution in [3.05, 3.63) is 0 Å². The zero-order valence-corrected chi connectivity index (χ0v) is 25.7. The van der Waals surface area contributed by atoms with Crippen molar-refractivity contribution < 1.29 is 34.4 Å². The summed E-state index contributed by atoms with van der Waals surface area (Å²) in [6.45, 7) is 6.18. The number of ether oxygens (including phenoxy) is 1. The average molecular weight is 559 g/mol. The molecule has 0 aliphatic heterocycles. The van der Waals surface area contributed by atoms with Gasteiger partial charge >= 0.3 is 11.9 Å². The number of carbonyl (C=O) groups is 3. The van der Waals surface area contributed by atoms with Crippen LogP contribution in [0.3, 0.4) is 0 Å². The van der Waals surface area contributed by atoms with Gasteiger partial charge in [-0.05, 0) is 6.42 Å². The summed E-state index contributed by atoms with van der Waals surface area (Å²) in [6.07, 6.45) is 20.9. The molecule has 0 aromatic heterocycles. The van der Waals surface area contributed by atoms with Crippen molar-refractivity contribution >= 4 is 25.8 Å². The Morgan fingerprint density at radius 3 is 1.47 bits per heavy atom. The number of hydrogen-bond acceptors (Lipinski definition) is 5. The van der Waals surface area contributed by atoms with E-state index in [0.717, 1.165) is 6.04 Å². The highest BCUT2D eigenvalue weighted by Gasteiger charge is 2.44. The van der Waals surface area contributed by atoms with E-state index in [9.17, 15) is 19.5 Å². The molecule has 1 atom stereocenters. The van der Waals surface area contributed by atoms with E-state index in [1.807, 2.05) is 0 Å². The Morgan fingerprint density at radius 2 is 1.08 bits per heavy atom. The van der Waals surface area contributed by atoms with Crippen molar-refractivity contribution in [1.29, 1.82) is 0 Å². The van der Waals surface area contributed by atoms with Crippen molar-refractivity contribution in [2.45, 2.75) is 160 Å². The summed E-state index contributed by atoms with van der Waals surface area (Å²) in [4.78, 5) is 34.6. The molecule has 0 aliphatic carbocycles. The van der Waals surface area contributed by atoms with Gasteiger partial charge in [0, 0.05) is 21.1 Å². The van der Waals surface area contributed by atoms with Crippen LogP contribution in [0.2, 0.25) is 25.2 Å². The molecule has 8 heteroatoms. The van der Waals surface area contributed by atoms with Crippen LogP contribution in [0.25, 0.3) is 0 Å². The minimum absolute atomic E-state index is 0.0909. The molecule has 3 N–H and O–H groups in total. The predicted molar refractivity (Wildman–Crippen MR) is 157 cm³/mol. The van der Waals surface area contributed by atoms with Crippen molar-refractivity contribution in [3.8, 4) is 0 Å². The molecule has 38 heavy (non-hydrogen) atoms. The molecule has 0 fully saturated rings.